The first-order valence-corrected chi connectivity index (χ1v) is 27.4. The molecule has 0 saturated carbocycles. The number of thiocarbonyl (C=S) groups is 1. The molecule has 0 unspecified atom stereocenters. The lowest BCUT2D eigenvalue weighted by Gasteiger charge is -2.34. The Morgan fingerprint density at radius 1 is 0.641 bits per heavy atom. The minimum atomic E-state index is -1.58. The van der Waals surface area contributed by atoms with E-state index in [9.17, 15) is 68.1 Å². The first-order valence-electron chi connectivity index (χ1n) is 25.6. The predicted molar refractivity (Wildman–Crippen MR) is 292 cm³/mol. The smallest absolute Gasteiger partial charge is 0.327 e. The molecule has 0 radical (unpaired) electrons. The van der Waals surface area contributed by atoms with Crippen LogP contribution in [0.4, 0.5) is 0 Å². The maximum absolute atomic E-state index is 14.3. The van der Waals surface area contributed by atoms with Gasteiger partial charge < -0.3 is 61.5 Å². The molecule has 2 rings (SSSR count). The topological polar surface area (TPSA) is 345 Å². The third kappa shape index (κ3) is 25.9. The highest BCUT2D eigenvalue weighted by Gasteiger charge is 2.38. The number of carbonyl (C=O) groups is 11. The van der Waals surface area contributed by atoms with Crippen molar-refractivity contribution in [1.82, 2.24) is 36.4 Å². The lowest BCUT2D eigenvalue weighted by Crippen LogP contribution is -2.58. The van der Waals surface area contributed by atoms with Gasteiger partial charge in [-0.05, 0) is 68.8 Å². The number of carboxylic acids is 4. The highest BCUT2D eigenvalue weighted by molar-refractivity contribution is 7.98. The van der Waals surface area contributed by atoms with Crippen LogP contribution >= 0.6 is 24.0 Å². The number of nitrogens with zero attached hydrogens (tertiary/aromatic N) is 2. The van der Waals surface area contributed by atoms with Crippen molar-refractivity contribution in [2.24, 2.45) is 5.92 Å². The summed E-state index contributed by atoms with van der Waals surface area (Å²) in [6, 6.07) is 11.7. The third-order valence-corrected chi connectivity index (χ3v) is 13.6. The number of rotatable bonds is 41. The maximum atomic E-state index is 14.3. The Morgan fingerprint density at radius 3 is 1.76 bits per heavy atom. The summed E-state index contributed by atoms with van der Waals surface area (Å²) >= 11 is 6.27. The van der Waals surface area contributed by atoms with Gasteiger partial charge in [-0.2, -0.15) is 11.8 Å². The summed E-state index contributed by atoms with van der Waals surface area (Å²) in [5.74, 6) is -9.21. The number of hydrogen-bond donors (Lipinski definition) is 9. The predicted octanol–water partition coefficient (Wildman–Crippen LogP) is 2.56. The third-order valence-electron chi connectivity index (χ3n) is 12.7. The van der Waals surface area contributed by atoms with E-state index < -0.39 is 96.2 Å². The van der Waals surface area contributed by atoms with Gasteiger partial charge in [0, 0.05) is 64.4 Å². The van der Waals surface area contributed by atoms with Gasteiger partial charge in [-0.3, -0.25) is 43.2 Å². The van der Waals surface area contributed by atoms with Crippen molar-refractivity contribution < 1.29 is 77.9 Å². The van der Waals surface area contributed by atoms with E-state index in [-0.39, 0.29) is 93.4 Å². The van der Waals surface area contributed by atoms with E-state index in [1.54, 1.807) is 48.7 Å². The van der Waals surface area contributed by atoms with Gasteiger partial charge in [0.05, 0.1) is 18.9 Å². The number of likely N-dealkylation sites (N-methyl/N-ethyl adjacent to an activating group) is 3. The molecule has 0 aliphatic carbocycles. The van der Waals surface area contributed by atoms with E-state index in [1.807, 2.05) is 18.2 Å². The van der Waals surface area contributed by atoms with Crippen LogP contribution in [0.3, 0.4) is 0 Å². The summed E-state index contributed by atoms with van der Waals surface area (Å²) in [5, 5.41) is 51.3. The number of aliphatic carboxylic acids is 4. The van der Waals surface area contributed by atoms with Crippen molar-refractivity contribution in [1.29, 1.82) is 0 Å². The minimum Gasteiger partial charge on any atom is -0.481 e. The Bertz CT molecular complexity index is 2310. The molecule has 0 heterocycles. The Morgan fingerprint density at radius 2 is 1.22 bits per heavy atom. The van der Waals surface area contributed by atoms with E-state index in [2.05, 4.69) is 26.6 Å². The second-order valence-electron chi connectivity index (χ2n) is 18.6. The average Bonchev–Trinajstić information content (AvgIpc) is 3.40. The van der Waals surface area contributed by atoms with Gasteiger partial charge in [0.25, 0.3) is 6.47 Å². The van der Waals surface area contributed by atoms with E-state index in [1.165, 1.54) is 32.9 Å². The summed E-state index contributed by atoms with van der Waals surface area (Å²) in [6.45, 7) is -0.224. The van der Waals surface area contributed by atoms with Crippen molar-refractivity contribution in [3.63, 3.8) is 0 Å². The van der Waals surface area contributed by atoms with E-state index in [0.29, 0.717) is 19.3 Å². The fourth-order valence-electron chi connectivity index (χ4n) is 8.26. The molecule has 2 aromatic carbocycles. The molecule has 78 heavy (non-hydrogen) atoms. The van der Waals surface area contributed by atoms with Gasteiger partial charge in [0.1, 0.15) is 30.0 Å². The second kappa shape index (κ2) is 36.9. The molecule has 0 bridgehead atoms. The summed E-state index contributed by atoms with van der Waals surface area (Å²) in [7, 11) is 3.88. The van der Waals surface area contributed by atoms with E-state index in [4.69, 9.17) is 22.1 Å². The average molecular weight is 1130 g/mol. The molecule has 25 heteroatoms. The quantitative estimate of drug-likeness (QED) is 0.0200. The zero-order chi connectivity index (χ0) is 58.2. The van der Waals surface area contributed by atoms with Crippen LogP contribution in [-0.2, 0) is 70.3 Å². The summed E-state index contributed by atoms with van der Waals surface area (Å²) in [6.07, 6.45) is 3.54. The first-order chi connectivity index (χ1) is 37.1. The van der Waals surface area contributed by atoms with Crippen LogP contribution in [0, 0.1) is 5.92 Å². The number of benzene rings is 2. The zero-order valence-corrected chi connectivity index (χ0v) is 46.2. The summed E-state index contributed by atoms with van der Waals surface area (Å²) in [5.41, 5.74) is 1.51. The highest BCUT2D eigenvalue weighted by atomic mass is 32.2. The van der Waals surface area contributed by atoms with Crippen molar-refractivity contribution in [2.45, 2.75) is 139 Å². The Hall–Kier alpha value is -6.99. The highest BCUT2D eigenvalue weighted by Crippen LogP contribution is 2.19. The zero-order valence-electron chi connectivity index (χ0n) is 44.5. The molecule has 7 atom stereocenters. The second-order valence-corrected chi connectivity index (χ2v) is 20.0. The molecule has 0 aliphatic heterocycles. The molecule has 430 valence electrons. The van der Waals surface area contributed by atoms with Crippen LogP contribution in [0.5, 0.6) is 0 Å². The standard InChI is InChI=1S/C53H75N7O16S2/c1-54-40(49(70)59(2)41(30-47(67)68)50(71)60(3)42(32-78-4)52(74)75)31-55-48(69)36(27-34-17-11-9-12-18-34)29-43(63)39(28-35-19-13-10-14-20-35)56-44(64)22-16-8-6-5-7-15-21-37(62)23-24-38(51(72)73)57-53(77)58-45(76-33-61)25-26-46(65)66/h9-14,17-20,33,36,38-42,45,54H,5-8,15-16,21-32H2,1-4H3,(H,55,69)(H,56,64)(H,65,66)(H,67,68)(H,72,73)(H,74,75)(H2,57,58,77)/t36-,38+,39+,40+,41+,42+,45-/m1/s1. The first kappa shape index (κ1) is 67.1. The lowest BCUT2D eigenvalue weighted by atomic mass is 9.89. The van der Waals surface area contributed by atoms with E-state index >= 15 is 0 Å². The number of nitrogens with one attached hydrogen (secondary N) is 5. The molecule has 0 aliphatic rings. The Labute approximate surface area is 463 Å². The maximum Gasteiger partial charge on any atom is 0.327 e. The number of ketones is 2. The summed E-state index contributed by atoms with van der Waals surface area (Å²) in [4.78, 5) is 141. The van der Waals surface area contributed by atoms with Crippen molar-refractivity contribution in [3.8, 4) is 0 Å². The molecule has 0 fully saturated rings. The molecular formula is C53H75N7O16S2. The van der Waals surface area contributed by atoms with Gasteiger partial charge >= 0.3 is 23.9 Å². The van der Waals surface area contributed by atoms with Gasteiger partial charge in [-0.15, -0.1) is 0 Å². The number of carboxylic acid groups (broad SMARTS) is 4. The molecule has 0 spiro atoms. The van der Waals surface area contributed by atoms with E-state index in [0.717, 1.165) is 40.2 Å². The van der Waals surface area contributed by atoms with Crippen LogP contribution in [0.1, 0.15) is 101 Å². The van der Waals surface area contributed by atoms with Crippen molar-refractivity contribution in [2.75, 3.05) is 39.7 Å². The number of hydrogen-bond acceptors (Lipinski definition) is 15. The normalized spacial score (nSPS) is 13.6. The van der Waals surface area contributed by atoms with Gasteiger partial charge in [0.15, 0.2) is 17.1 Å². The van der Waals surface area contributed by atoms with Crippen LogP contribution in [0.25, 0.3) is 0 Å². The fourth-order valence-corrected chi connectivity index (χ4v) is 9.21. The summed E-state index contributed by atoms with van der Waals surface area (Å²) < 4.78 is 4.76. The van der Waals surface area contributed by atoms with Gasteiger partial charge in [-0.25, -0.2) is 9.59 Å². The number of amides is 4. The fraction of sp³-hybridized carbons (Fsp3) is 0.547. The van der Waals surface area contributed by atoms with Gasteiger partial charge in [0.2, 0.25) is 23.6 Å². The van der Waals surface area contributed by atoms with Gasteiger partial charge in [-0.1, -0.05) is 86.3 Å². The molecular weight excluding hydrogens is 1050 g/mol. The number of carbonyl (C=O) groups excluding carboxylic acids is 7. The molecule has 23 nitrogen and oxygen atoms in total. The van der Waals surface area contributed by atoms with Crippen LogP contribution in [0.2, 0.25) is 0 Å². The van der Waals surface area contributed by atoms with Crippen LogP contribution in [0.15, 0.2) is 60.7 Å². The Balaban J connectivity index is 2.03. The lowest BCUT2D eigenvalue weighted by molar-refractivity contribution is -0.154. The Kier molecular flexibility index (Phi) is 31.8. The monoisotopic (exact) mass is 1130 g/mol. The SMILES string of the molecule is CN[C@@H](CNC(=O)[C@@H](CC(=O)[C@H](Cc1ccccc1)NC(=O)CCCCCCCCC(=O)CC[C@H](NC(=S)N[C@@H](CCC(=O)O)OC=O)C(=O)O)Cc1ccccc1)C(=O)N(C)[C@@H](CC(=O)O)C(=O)N(C)[C@@H](CSC)C(=O)O. The van der Waals surface area contributed by atoms with Crippen LogP contribution < -0.4 is 26.6 Å². The molecule has 9 N–H and O–H groups in total. The number of thioether (sulfide) groups is 1. The minimum absolute atomic E-state index is 0.0116. The molecule has 0 saturated heterocycles. The van der Waals surface area contributed by atoms with Crippen molar-refractivity contribution in [3.05, 3.63) is 71.8 Å². The van der Waals surface area contributed by atoms with Crippen molar-refractivity contribution >= 4 is 94.6 Å². The number of ether oxygens (including phenoxy) is 1. The largest absolute Gasteiger partial charge is 0.481 e. The van der Waals surface area contributed by atoms with Crippen LogP contribution in [-0.4, -0.2) is 177 Å². The molecule has 4 amide bonds. The molecule has 0 aromatic heterocycles. The number of unbranched alkanes of at least 4 members (excludes halogenated alkanes) is 5. The molecule has 2 aromatic rings. The number of Topliss-reactive ketones (excluding diaryl/α,β-unsaturated/α-hetero) is 2.